The zero-order valence-corrected chi connectivity index (χ0v) is 20.3. The van der Waals surface area contributed by atoms with Crippen molar-refractivity contribution in [2.24, 2.45) is 4.99 Å². The Morgan fingerprint density at radius 2 is 1.72 bits per heavy atom. The van der Waals surface area contributed by atoms with Crippen LogP contribution in [0.15, 0.2) is 70.6 Å². The molecule has 0 saturated carbocycles. The number of guanidine groups is 1. The third kappa shape index (κ3) is 10.2. The lowest BCUT2D eigenvalue weighted by Gasteiger charge is -2.13. The molecule has 7 heteroatoms. The van der Waals surface area contributed by atoms with Crippen LogP contribution < -0.4 is 10.6 Å². The largest absolute Gasteiger partial charge is 0.374 e. The smallest absolute Gasteiger partial charge is 0.191 e. The van der Waals surface area contributed by atoms with Crippen LogP contribution in [0.1, 0.15) is 31.9 Å². The predicted molar refractivity (Wildman–Crippen MR) is 133 cm³/mol. The number of hydrogen-bond acceptors (Lipinski definition) is 3. The normalized spacial score (nSPS) is 13.2. The van der Waals surface area contributed by atoms with Crippen molar-refractivity contribution in [3.8, 4) is 0 Å². The number of ether oxygens (including phenoxy) is 1. The van der Waals surface area contributed by atoms with Gasteiger partial charge in [0, 0.05) is 36.9 Å². The summed E-state index contributed by atoms with van der Waals surface area (Å²) in [5.74, 6) is 1.30. The molecule has 2 unspecified atom stereocenters. The predicted octanol–water partition coefficient (Wildman–Crippen LogP) is 4.14. The summed E-state index contributed by atoms with van der Waals surface area (Å²) in [7, 11) is -1.00. The molecule has 2 aromatic rings. The van der Waals surface area contributed by atoms with Gasteiger partial charge in [-0.1, -0.05) is 48.5 Å². The van der Waals surface area contributed by atoms with Gasteiger partial charge in [0.15, 0.2) is 5.96 Å². The Bertz CT molecular complexity index is 729. The zero-order chi connectivity index (χ0) is 20.0. The third-order valence-corrected chi connectivity index (χ3v) is 5.51. The molecule has 5 nitrogen and oxygen atoms in total. The minimum absolute atomic E-state index is 0. The summed E-state index contributed by atoms with van der Waals surface area (Å²) in [6.45, 7) is 6.83. The van der Waals surface area contributed by atoms with Gasteiger partial charge in [0.05, 0.1) is 16.9 Å². The number of aliphatic imine (C=N–C) groups is 1. The second kappa shape index (κ2) is 15.4. The minimum atomic E-state index is -1.00. The number of nitrogens with zero attached hydrogens (tertiary/aromatic N) is 1. The van der Waals surface area contributed by atoms with Crippen molar-refractivity contribution in [1.29, 1.82) is 0 Å². The van der Waals surface area contributed by atoms with Crippen molar-refractivity contribution in [3.63, 3.8) is 0 Å². The zero-order valence-electron chi connectivity index (χ0n) is 17.2. The van der Waals surface area contributed by atoms with Crippen LogP contribution in [-0.2, 0) is 15.5 Å². The molecule has 2 atom stereocenters. The summed E-state index contributed by atoms with van der Waals surface area (Å²) in [5, 5.41) is 6.47. The number of nitrogens with one attached hydrogen (secondary N) is 2. The minimum Gasteiger partial charge on any atom is -0.374 e. The van der Waals surface area contributed by atoms with E-state index in [4.69, 9.17) is 4.74 Å². The standard InChI is InChI=1S/C22H31N3O2S.HI/c1-3-23-22(25-16-18-28(26)21-13-8-5-9-14-21)24-15-10-17-27-19(2)20-11-6-4-7-12-20;/h4-9,11-14,19H,3,10,15-18H2,1-2H3,(H2,23,24,25);1H. The van der Waals surface area contributed by atoms with Crippen molar-refractivity contribution < 1.29 is 8.95 Å². The van der Waals surface area contributed by atoms with Crippen molar-refractivity contribution in [1.82, 2.24) is 10.6 Å². The molecule has 0 heterocycles. The van der Waals surface area contributed by atoms with E-state index in [1.807, 2.05) is 55.5 Å². The molecule has 0 saturated heterocycles. The van der Waals surface area contributed by atoms with Crippen LogP contribution in [0.2, 0.25) is 0 Å². The van der Waals surface area contributed by atoms with Gasteiger partial charge in [0.25, 0.3) is 0 Å². The van der Waals surface area contributed by atoms with E-state index in [-0.39, 0.29) is 30.1 Å². The molecule has 0 aliphatic rings. The van der Waals surface area contributed by atoms with Crippen LogP contribution in [0.3, 0.4) is 0 Å². The molecule has 2 N–H and O–H groups in total. The molecule has 0 fully saturated rings. The van der Waals surface area contributed by atoms with Crippen LogP contribution in [0.25, 0.3) is 0 Å². The van der Waals surface area contributed by atoms with Crippen LogP contribution in [0, 0.1) is 0 Å². The molecule has 0 spiro atoms. The average Bonchev–Trinajstić information content (AvgIpc) is 2.74. The molecule has 0 aliphatic carbocycles. The van der Waals surface area contributed by atoms with Crippen molar-refractivity contribution in [3.05, 3.63) is 66.2 Å². The highest BCUT2D eigenvalue weighted by molar-refractivity contribution is 14.0. The van der Waals surface area contributed by atoms with E-state index in [9.17, 15) is 4.21 Å². The number of halogens is 1. The number of benzene rings is 2. The lowest BCUT2D eigenvalue weighted by molar-refractivity contribution is 0.0652. The summed E-state index contributed by atoms with van der Waals surface area (Å²) in [6, 6.07) is 19.8. The highest BCUT2D eigenvalue weighted by Crippen LogP contribution is 2.15. The SMILES string of the molecule is CCNC(=NCCCOC(C)c1ccccc1)NCCS(=O)c1ccccc1.I. The number of hydrogen-bond donors (Lipinski definition) is 2. The van der Waals surface area contributed by atoms with Crippen molar-refractivity contribution in [2.45, 2.75) is 31.3 Å². The molecule has 0 bridgehead atoms. The van der Waals surface area contributed by atoms with E-state index in [0.29, 0.717) is 25.4 Å². The van der Waals surface area contributed by atoms with Gasteiger partial charge < -0.3 is 15.4 Å². The second-order valence-corrected chi connectivity index (χ2v) is 7.90. The Morgan fingerprint density at radius 1 is 1.07 bits per heavy atom. The topological polar surface area (TPSA) is 62.7 Å². The quantitative estimate of drug-likeness (QED) is 0.199. The second-order valence-electron chi connectivity index (χ2n) is 6.33. The van der Waals surface area contributed by atoms with Gasteiger partial charge in [-0.3, -0.25) is 9.20 Å². The summed E-state index contributed by atoms with van der Waals surface area (Å²) in [4.78, 5) is 5.43. The Labute approximate surface area is 194 Å². The molecule has 0 radical (unpaired) electrons. The first kappa shape index (κ1) is 25.6. The molecule has 160 valence electrons. The van der Waals surface area contributed by atoms with Crippen LogP contribution in [0.5, 0.6) is 0 Å². The van der Waals surface area contributed by atoms with Gasteiger partial charge in [0.2, 0.25) is 0 Å². The summed E-state index contributed by atoms with van der Waals surface area (Å²) in [6.07, 6.45) is 0.938. The Balaban J connectivity index is 0.00000420. The van der Waals surface area contributed by atoms with E-state index < -0.39 is 10.8 Å². The van der Waals surface area contributed by atoms with Crippen molar-refractivity contribution >= 4 is 40.7 Å². The van der Waals surface area contributed by atoms with Crippen LogP contribution in [-0.4, -0.2) is 42.2 Å². The van der Waals surface area contributed by atoms with E-state index in [1.165, 1.54) is 5.56 Å². The van der Waals surface area contributed by atoms with Gasteiger partial charge in [-0.15, -0.1) is 24.0 Å². The van der Waals surface area contributed by atoms with E-state index in [2.05, 4.69) is 34.7 Å². The third-order valence-electron chi connectivity index (χ3n) is 4.14. The molecule has 0 aromatic heterocycles. The Hall–Kier alpha value is -1.45. The average molecular weight is 529 g/mol. The Kier molecular flexibility index (Phi) is 13.6. The highest BCUT2D eigenvalue weighted by atomic mass is 127. The molecule has 0 amide bonds. The van der Waals surface area contributed by atoms with E-state index in [1.54, 1.807) is 0 Å². The monoisotopic (exact) mass is 529 g/mol. The van der Waals surface area contributed by atoms with Crippen molar-refractivity contribution in [2.75, 3.05) is 32.0 Å². The highest BCUT2D eigenvalue weighted by Gasteiger charge is 2.05. The lowest BCUT2D eigenvalue weighted by Crippen LogP contribution is -2.39. The first-order valence-electron chi connectivity index (χ1n) is 9.83. The summed E-state index contributed by atoms with van der Waals surface area (Å²) < 4.78 is 18.1. The van der Waals surface area contributed by atoms with Gasteiger partial charge in [-0.25, -0.2) is 0 Å². The maximum Gasteiger partial charge on any atom is 0.191 e. The summed E-state index contributed by atoms with van der Waals surface area (Å²) in [5.41, 5.74) is 1.19. The van der Waals surface area contributed by atoms with Gasteiger partial charge in [0.1, 0.15) is 0 Å². The molecule has 2 aromatic carbocycles. The number of rotatable bonds is 11. The maximum absolute atomic E-state index is 12.3. The fourth-order valence-electron chi connectivity index (χ4n) is 2.63. The first-order valence-corrected chi connectivity index (χ1v) is 11.1. The van der Waals surface area contributed by atoms with Gasteiger partial charge in [-0.05, 0) is 38.0 Å². The van der Waals surface area contributed by atoms with Gasteiger partial charge in [-0.2, -0.15) is 0 Å². The fraction of sp³-hybridized carbons (Fsp3) is 0.409. The van der Waals surface area contributed by atoms with E-state index in [0.717, 1.165) is 23.8 Å². The molecule has 0 aliphatic heterocycles. The fourth-order valence-corrected chi connectivity index (χ4v) is 3.61. The van der Waals surface area contributed by atoms with Gasteiger partial charge >= 0.3 is 0 Å². The molecule has 29 heavy (non-hydrogen) atoms. The maximum atomic E-state index is 12.3. The molecule has 2 rings (SSSR count). The van der Waals surface area contributed by atoms with Crippen LogP contribution in [0.4, 0.5) is 0 Å². The van der Waals surface area contributed by atoms with E-state index >= 15 is 0 Å². The molecular weight excluding hydrogens is 497 g/mol. The van der Waals surface area contributed by atoms with Crippen LogP contribution >= 0.6 is 24.0 Å². The first-order chi connectivity index (χ1) is 13.7. The lowest BCUT2D eigenvalue weighted by atomic mass is 10.1. The summed E-state index contributed by atoms with van der Waals surface area (Å²) >= 11 is 0. The Morgan fingerprint density at radius 3 is 2.38 bits per heavy atom. The molecular formula is C22H32IN3O2S.